The average molecular weight is 507 g/mol. The van der Waals surface area contributed by atoms with Crippen molar-refractivity contribution in [3.8, 4) is 22.9 Å². The number of para-hydroxylation sites is 1. The van der Waals surface area contributed by atoms with E-state index in [2.05, 4.69) is 30.9 Å². The van der Waals surface area contributed by atoms with Crippen LogP contribution in [-0.4, -0.2) is 27.9 Å². The number of ether oxygens (including phenoxy) is 1. The van der Waals surface area contributed by atoms with Gasteiger partial charge in [0.05, 0.1) is 22.5 Å². The molecule has 3 N–H and O–H groups in total. The molecule has 2 aromatic heterocycles. The minimum Gasteiger partial charge on any atom is -0.438 e. The number of aromatic nitrogens is 3. The lowest BCUT2D eigenvalue weighted by Crippen LogP contribution is -2.14. The quantitative estimate of drug-likeness (QED) is 0.221. The van der Waals surface area contributed by atoms with Gasteiger partial charge in [-0.05, 0) is 72.8 Å². The van der Waals surface area contributed by atoms with E-state index in [0.717, 1.165) is 5.69 Å². The summed E-state index contributed by atoms with van der Waals surface area (Å²) in [6.07, 6.45) is 3.29. The van der Waals surface area contributed by atoms with E-state index in [1.54, 1.807) is 55.8 Å². The molecule has 0 atom stereocenters. The second-order valence-electron chi connectivity index (χ2n) is 8.13. The van der Waals surface area contributed by atoms with Gasteiger partial charge >= 0.3 is 0 Å². The molecule has 0 aliphatic heterocycles. The first-order valence-electron chi connectivity index (χ1n) is 11.8. The Hall–Kier alpha value is -5.31. The molecule has 5 aromatic rings. The zero-order valence-corrected chi connectivity index (χ0v) is 20.4. The molecule has 188 valence electrons. The molecular formula is C29H23FN6O2. The highest BCUT2D eigenvalue weighted by Gasteiger charge is 2.15. The van der Waals surface area contributed by atoms with E-state index in [1.165, 1.54) is 18.2 Å². The predicted molar refractivity (Wildman–Crippen MR) is 145 cm³/mol. The summed E-state index contributed by atoms with van der Waals surface area (Å²) >= 11 is 0. The Bertz CT molecular complexity index is 1560. The smallest absolute Gasteiger partial charge is 0.257 e. The van der Waals surface area contributed by atoms with Crippen LogP contribution in [0.25, 0.3) is 11.3 Å². The predicted octanol–water partition coefficient (Wildman–Crippen LogP) is 6.51. The molecule has 0 aliphatic rings. The van der Waals surface area contributed by atoms with Crippen LogP contribution in [0.5, 0.6) is 11.6 Å². The first-order valence-corrected chi connectivity index (χ1v) is 11.8. The van der Waals surface area contributed by atoms with Crippen molar-refractivity contribution in [2.24, 2.45) is 0 Å². The van der Waals surface area contributed by atoms with E-state index in [1.807, 2.05) is 36.4 Å². The van der Waals surface area contributed by atoms with Gasteiger partial charge in [0.15, 0.2) is 0 Å². The molecule has 38 heavy (non-hydrogen) atoms. The van der Waals surface area contributed by atoms with Crippen LogP contribution in [0.15, 0.2) is 103 Å². The third-order valence-electron chi connectivity index (χ3n) is 5.53. The van der Waals surface area contributed by atoms with E-state index < -0.39 is 11.7 Å². The van der Waals surface area contributed by atoms with Crippen molar-refractivity contribution in [2.45, 2.75) is 0 Å². The molecule has 0 saturated heterocycles. The number of halogens is 1. The normalized spacial score (nSPS) is 10.5. The van der Waals surface area contributed by atoms with Gasteiger partial charge in [0, 0.05) is 30.8 Å². The molecule has 9 heteroatoms. The van der Waals surface area contributed by atoms with Crippen molar-refractivity contribution in [3.63, 3.8) is 0 Å². The van der Waals surface area contributed by atoms with Crippen LogP contribution in [0, 0.1) is 5.82 Å². The fourth-order valence-corrected chi connectivity index (χ4v) is 3.70. The van der Waals surface area contributed by atoms with Gasteiger partial charge in [-0.2, -0.15) is 0 Å². The van der Waals surface area contributed by atoms with Gasteiger partial charge in [0.2, 0.25) is 11.8 Å². The summed E-state index contributed by atoms with van der Waals surface area (Å²) in [6.45, 7) is 0. The number of hydrogen-bond acceptors (Lipinski definition) is 7. The summed E-state index contributed by atoms with van der Waals surface area (Å²) in [5, 5.41) is 8.89. The summed E-state index contributed by atoms with van der Waals surface area (Å²) in [7, 11) is 1.75. The Labute approximate surface area is 218 Å². The van der Waals surface area contributed by atoms with Gasteiger partial charge in [0.25, 0.3) is 5.91 Å². The van der Waals surface area contributed by atoms with Crippen molar-refractivity contribution >= 4 is 28.9 Å². The monoisotopic (exact) mass is 506 g/mol. The largest absolute Gasteiger partial charge is 0.438 e. The maximum Gasteiger partial charge on any atom is 0.257 e. The van der Waals surface area contributed by atoms with Gasteiger partial charge in [0.1, 0.15) is 11.6 Å². The van der Waals surface area contributed by atoms with Crippen LogP contribution in [0.3, 0.4) is 0 Å². The van der Waals surface area contributed by atoms with Gasteiger partial charge in [-0.1, -0.05) is 18.2 Å². The summed E-state index contributed by atoms with van der Waals surface area (Å²) < 4.78 is 20.0. The lowest BCUT2D eigenvalue weighted by atomic mass is 10.1. The molecule has 0 unspecified atom stereocenters. The van der Waals surface area contributed by atoms with Crippen LogP contribution in [-0.2, 0) is 0 Å². The van der Waals surface area contributed by atoms with Crippen LogP contribution in [0.4, 0.5) is 27.4 Å². The van der Waals surface area contributed by atoms with Gasteiger partial charge < -0.3 is 20.7 Å². The first kappa shape index (κ1) is 24.4. The molecule has 0 bridgehead atoms. The summed E-state index contributed by atoms with van der Waals surface area (Å²) in [6, 6.07) is 25.7. The van der Waals surface area contributed by atoms with E-state index in [0.29, 0.717) is 40.2 Å². The topological polar surface area (TPSA) is 101 Å². The molecule has 0 fully saturated rings. The van der Waals surface area contributed by atoms with Crippen molar-refractivity contribution < 1.29 is 13.9 Å². The number of hydrogen-bond donors (Lipinski definition) is 3. The lowest BCUT2D eigenvalue weighted by Gasteiger charge is -2.13. The highest BCUT2D eigenvalue weighted by molar-refractivity contribution is 6.08. The molecule has 2 heterocycles. The zero-order valence-electron chi connectivity index (χ0n) is 20.4. The first-order chi connectivity index (χ1) is 18.6. The number of carbonyl (C=O) groups excluding carboxylic acids is 1. The number of carbonyl (C=O) groups is 1. The maximum absolute atomic E-state index is 14.0. The number of nitrogens with one attached hydrogen (secondary N) is 3. The van der Waals surface area contributed by atoms with Crippen LogP contribution < -0.4 is 20.7 Å². The number of amides is 1. The number of anilines is 4. The second-order valence-corrected chi connectivity index (χ2v) is 8.13. The molecule has 0 aliphatic carbocycles. The summed E-state index contributed by atoms with van der Waals surface area (Å²) in [5.74, 6) is 0.421. The summed E-state index contributed by atoms with van der Waals surface area (Å²) in [4.78, 5) is 26.0. The zero-order chi connectivity index (χ0) is 26.3. The van der Waals surface area contributed by atoms with Crippen molar-refractivity contribution in [3.05, 3.63) is 115 Å². The van der Waals surface area contributed by atoms with E-state index >= 15 is 0 Å². The third-order valence-corrected chi connectivity index (χ3v) is 5.53. The standard InChI is InChI=1S/C29H23FN6O2/c1-31-29-33-17-15-26(36-29)23-8-5-16-32-28(23)38-22-12-10-21(11-13-22)35-27(37)24-18-19(30)9-14-25(24)34-20-6-3-2-4-7-20/h2-18,34H,1H3,(H,35,37)(H,31,33,36). The number of pyridine rings is 1. The Morgan fingerprint density at radius 1 is 0.842 bits per heavy atom. The lowest BCUT2D eigenvalue weighted by molar-refractivity contribution is 0.102. The molecule has 0 spiro atoms. The Morgan fingerprint density at radius 3 is 2.45 bits per heavy atom. The van der Waals surface area contributed by atoms with Gasteiger partial charge in [-0.25, -0.2) is 19.3 Å². The number of rotatable bonds is 8. The van der Waals surface area contributed by atoms with Gasteiger partial charge in [-0.3, -0.25) is 4.79 Å². The van der Waals surface area contributed by atoms with E-state index in [9.17, 15) is 9.18 Å². The Kier molecular flexibility index (Phi) is 7.17. The van der Waals surface area contributed by atoms with Crippen molar-refractivity contribution in [2.75, 3.05) is 23.0 Å². The van der Waals surface area contributed by atoms with E-state index in [-0.39, 0.29) is 5.56 Å². The Morgan fingerprint density at radius 2 is 1.66 bits per heavy atom. The van der Waals surface area contributed by atoms with Crippen molar-refractivity contribution in [1.29, 1.82) is 0 Å². The van der Waals surface area contributed by atoms with E-state index in [4.69, 9.17) is 4.74 Å². The fourth-order valence-electron chi connectivity index (χ4n) is 3.70. The third kappa shape index (κ3) is 5.73. The SMILES string of the molecule is CNc1nccc(-c2cccnc2Oc2ccc(NC(=O)c3cc(F)ccc3Nc3ccccc3)cc2)n1. The van der Waals surface area contributed by atoms with Crippen LogP contribution in [0.2, 0.25) is 0 Å². The van der Waals surface area contributed by atoms with Gasteiger partial charge in [-0.15, -0.1) is 0 Å². The highest BCUT2D eigenvalue weighted by atomic mass is 19.1. The van der Waals surface area contributed by atoms with Crippen LogP contribution >= 0.6 is 0 Å². The molecule has 3 aromatic carbocycles. The number of benzene rings is 3. The van der Waals surface area contributed by atoms with Crippen molar-refractivity contribution in [1.82, 2.24) is 15.0 Å². The molecule has 0 radical (unpaired) electrons. The highest BCUT2D eigenvalue weighted by Crippen LogP contribution is 2.31. The fraction of sp³-hybridized carbons (Fsp3) is 0.0345. The average Bonchev–Trinajstić information content (AvgIpc) is 2.96. The second kappa shape index (κ2) is 11.2. The minimum absolute atomic E-state index is 0.179. The molecule has 5 rings (SSSR count). The van der Waals surface area contributed by atoms with Crippen LogP contribution in [0.1, 0.15) is 10.4 Å². The Balaban J connectivity index is 1.32. The molecule has 8 nitrogen and oxygen atoms in total. The molecular weight excluding hydrogens is 483 g/mol. The number of nitrogens with zero attached hydrogens (tertiary/aromatic N) is 3. The summed E-state index contributed by atoms with van der Waals surface area (Å²) in [5.41, 5.74) is 3.34. The molecule has 0 saturated carbocycles. The minimum atomic E-state index is -0.505. The molecule has 1 amide bonds. The maximum atomic E-state index is 14.0.